The summed E-state index contributed by atoms with van der Waals surface area (Å²) in [6.07, 6.45) is 2.08. The lowest BCUT2D eigenvalue weighted by Gasteiger charge is -2.40. The summed E-state index contributed by atoms with van der Waals surface area (Å²) in [4.78, 5) is 39.8. The third-order valence-corrected chi connectivity index (χ3v) is 8.37. The molecule has 2 aromatic rings. The van der Waals surface area contributed by atoms with Gasteiger partial charge in [0.05, 0.1) is 5.41 Å². The molecule has 35 heavy (non-hydrogen) atoms. The zero-order valence-electron chi connectivity index (χ0n) is 20.3. The highest BCUT2D eigenvalue weighted by Gasteiger charge is 2.67. The van der Waals surface area contributed by atoms with Crippen LogP contribution in [0.25, 0.3) is 11.1 Å². The molecule has 1 saturated heterocycles. The number of piperidine rings is 1. The van der Waals surface area contributed by atoms with E-state index in [2.05, 4.69) is 29.6 Å². The lowest BCUT2D eigenvalue weighted by atomic mass is 9.84. The molecule has 2 aromatic carbocycles. The molecule has 3 atom stereocenters. The highest BCUT2D eigenvalue weighted by Crippen LogP contribution is 2.55. The van der Waals surface area contributed by atoms with Crippen molar-refractivity contribution in [3.63, 3.8) is 0 Å². The third-order valence-electron chi connectivity index (χ3n) is 8.37. The Morgan fingerprint density at radius 2 is 1.74 bits per heavy atom. The van der Waals surface area contributed by atoms with E-state index in [1.807, 2.05) is 31.2 Å². The van der Waals surface area contributed by atoms with Crippen LogP contribution in [0.3, 0.4) is 0 Å². The normalized spacial score (nSPS) is 23.9. The van der Waals surface area contributed by atoms with Crippen LogP contribution in [-0.2, 0) is 14.3 Å². The highest BCUT2D eigenvalue weighted by molar-refractivity contribution is 5.93. The van der Waals surface area contributed by atoms with Crippen LogP contribution in [0.5, 0.6) is 0 Å². The Kier molecular flexibility index (Phi) is 5.82. The minimum Gasteiger partial charge on any atom is -0.479 e. The molecule has 7 heteroatoms. The predicted octanol–water partition coefficient (Wildman–Crippen LogP) is 4.41. The number of carbonyl (C=O) groups is 3. The number of nitrogens with zero attached hydrogens (tertiary/aromatic N) is 1. The van der Waals surface area contributed by atoms with Crippen molar-refractivity contribution in [2.75, 3.05) is 19.7 Å². The molecule has 0 radical (unpaired) electrons. The number of carboxylic acid groups (broad SMARTS) is 1. The van der Waals surface area contributed by atoms with Crippen molar-refractivity contribution in [2.45, 2.75) is 51.0 Å². The van der Waals surface area contributed by atoms with Gasteiger partial charge in [0.2, 0.25) is 5.91 Å². The number of hydrogen-bond donors (Lipinski definition) is 2. The molecule has 0 spiro atoms. The Labute approximate surface area is 205 Å². The minimum absolute atomic E-state index is 0.0360. The van der Waals surface area contributed by atoms with Crippen LogP contribution in [-0.4, -0.2) is 53.2 Å². The molecule has 1 aliphatic heterocycles. The molecular weight excluding hydrogens is 444 g/mol. The van der Waals surface area contributed by atoms with Gasteiger partial charge in [-0.3, -0.25) is 4.79 Å². The summed E-state index contributed by atoms with van der Waals surface area (Å²) in [7, 11) is 0. The number of amides is 2. The van der Waals surface area contributed by atoms with Gasteiger partial charge >= 0.3 is 12.1 Å². The second kappa shape index (κ2) is 8.70. The van der Waals surface area contributed by atoms with Crippen LogP contribution in [0.1, 0.15) is 56.6 Å². The summed E-state index contributed by atoms with van der Waals surface area (Å²) < 4.78 is 5.62. The first kappa shape index (κ1) is 23.4. The second-order valence-corrected chi connectivity index (χ2v) is 10.3. The van der Waals surface area contributed by atoms with Gasteiger partial charge in [0.15, 0.2) is 0 Å². The van der Waals surface area contributed by atoms with Gasteiger partial charge in [0.25, 0.3) is 0 Å². The quantitative estimate of drug-likeness (QED) is 0.617. The maximum Gasteiger partial charge on any atom is 0.407 e. The maximum atomic E-state index is 13.5. The fourth-order valence-corrected chi connectivity index (χ4v) is 5.94. The standard InChI is InChI=1S/C28H32N2O5/c1-3-27(2,24(31)30-14-8-9-18-15-28(18,30)25(32)33)17-29-26(34)35-16-23-21-12-6-4-10-19(21)20-11-5-7-13-22(20)23/h4-7,10-13,18,23H,3,8-9,14-17H2,1-2H3,(H,29,34)(H,32,33). The lowest BCUT2D eigenvalue weighted by molar-refractivity contribution is -0.159. The number of carboxylic acids is 1. The first-order valence-electron chi connectivity index (χ1n) is 12.5. The molecule has 184 valence electrons. The zero-order chi connectivity index (χ0) is 24.8. The van der Waals surface area contributed by atoms with Gasteiger partial charge in [-0.05, 0) is 60.8 Å². The summed E-state index contributed by atoms with van der Waals surface area (Å²) in [5.41, 5.74) is 2.63. The SMILES string of the molecule is CCC(C)(CNC(=O)OCC1c2ccccc2-c2ccccc21)C(=O)N1CCCC2CC21C(=O)O. The molecule has 1 saturated carbocycles. The Morgan fingerprint density at radius 3 is 2.34 bits per heavy atom. The molecule has 2 aliphatic carbocycles. The highest BCUT2D eigenvalue weighted by atomic mass is 16.5. The average molecular weight is 477 g/mol. The molecule has 0 aromatic heterocycles. The van der Waals surface area contributed by atoms with Crippen molar-refractivity contribution >= 4 is 18.0 Å². The summed E-state index contributed by atoms with van der Waals surface area (Å²) in [6, 6.07) is 16.3. The molecule has 2 fully saturated rings. The minimum atomic E-state index is -1.06. The van der Waals surface area contributed by atoms with E-state index in [0.717, 1.165) is 35.1 Å². The van der Waals surface area contributed by atoms with Crippen molar-refractivity contribution in [1.29, 1.82) is 0 Å². The molecule has 2 amide bonds. The number of alkyl carbamates (subject to hydrolysis) is 1. The van der Waals surface area contributed by atoms with Crippen LogP contribution < -0.4 is 5.32 Å². The fraction of sp³-hybridized carbons (Fsp3) is 0.464. The Hall–Kier alpha value is -3.35. The maximum absolute atomic E-state index is 13.5. The van der Waals surface area contributed by atoms with Gasteiger partial charge in [0.1, 0.15) is 12.1 Å². The molecule has 0 bridgehead atoms. The van der Waals surface area contributed by atoms with E-state index in [1.54, 1.807) is 11.8 Å². The predicted molar refractivity (Wildman–Crippen MR) is 131 cm³/mol. The first-order chi connectivity index (χ1) is 16.8. The number of nitrogens with one attached hydrogen (secondary N) is 1. The molecule has 7 nitrogen and oxygen atoms in total. The molecule has 2 N–H and O–H groups in total. The van der Waals surface area contributed by atoms with E-state index in [4.69, 9.17) is 4.74 Å². The Bertz CT molecular complexity index is 1130. The molecule has 3 unspecified atom stereocenters. The third kappa shape index (κ3) is 3.77. The summed E-state index contributed by atoms with van der Waals surface area (Å²) in [5.74, 6) is -1.13. The van der Waals surface area contributed by atoms with Crippen molar-refractivity contribution in [3.05, 3.63) is 59.7 Å². The van der Waals surface area contributed by atoms with E-state index in [9.17, 15) is 19.5 Å². The van der Waals surface area contributed by atoms with Crippen molar-refractivity contribution in [2.24, 2.45) is 11.3 Å². The summed E-state index contributed by atoms with van der Waals surface area (Å²) >= 11 is 0. The van der Waals surface area contributed by atoms with Crippen LogP contribution in [0.15, 0.2) is 48.5 Å². The Balaban J connectivity index is 1.23. The smallest absolute Gasteiger partial charge is 0.407 e. The number of benzene rings is 2. The van der Waals surface area contributed by atoms with Crippen LogP contribution in [0, 0.1) is 11.3 Å². The summed E-state index contributed by atoms with van der Waals surface area (Å²) in [6.45, 7) is 4.42. The van der Waals surface area contributed by atoms with Gasteiger partial charge in [-0.2, -0.15) is 0 Å². The van der Waals surface area contributed by atoms with Gasteiger partial charge < -0.3 is 20.1 Å². The molecular formula is C28H32N2O5. The van der Waals surface area contributed by atoms with Crippen molar-refractivity contribution in [1.82, 2.24) is 10.2 Å². The summed E-state index contributed by atoms with van der Waals surface area (Å²) in [5, 5.41) is 12.6. The fourth-order valence-electron chi connectivity index (χ4n) is 5.94. The van der Waals surface area contributed by atoms with E-state index < -0.39 is 23.0 Å². The van der Waals surface area contributed by atoms with Gasteiger partial charge in [-0.15, -0.1) is 0 Å². The van der Waals surface area contributed by atoms with Crippen LogP contribution in [0.2, 0.25) is 0 Å². The van der Waals surface area contributed by atoms with E-state index >= 15 is 0 Å². The number of fused-ring (bicyclic) bond motifs is 4. The van der Waals surface area contributed by atoms with Crippen molar-refractivity contribution < 1.29 is 24.2 Å². The molecule has 1 heterocycles. The number of rotatable bonds is 7. The number of ether oxygens (including phenoxy) is 1. The molecule has 5 rings (SSSR count). The lowest BCUT2D eigenvalue weighted by Crippen LogP contribution is -2.57. The van der Waals surface area contributed by atoms with Crippen LogP contribution >= 0.6 is 0 Å². The number of hydrogen-bond acceptors (Lipinski definition) is 4. The first-order valence-corrected chi connectivity index (χ1v) is 12.5. The average Bonchev–Trinajstić information content (AvgIpc) is 3.56. The van der Waals surface area contributed by atoms with E-state index in [1.165, 1.54) is 0 Å². The van der Waals surface area contributed by atoms with E-state index in [0.29, 0.717) is 19.4 Å². The van der Waals surface area contributed by atoms with Crippen LogP contribution in [0.4, 0.5) is 4.79 Å². The number of aliphatic carboxylic acids is 1. The topological polar surface area (TPSA) is 95.9 Å². The van der Waals surface area contributed by atoms with Gasteiger partial charge in [-0.25, -0.2) is 9.59 Å². The molecule has 3 aliphatic rings. The largest absolute Gasteiger partial charge is 0.479 e. The monoisotopic (exact) mass is 476 g/mol. The van der Waals surface area contributed by atoms with Gasteiger partial charge in [-0.1, -0.05) is 55.5 Å². The number of carbonyl (C=O) groups excluding carboxylic acids is 2. The zero-order valence-corrected chi connectivity index (χ0v) is 20.3. The second-order valence-electron chi connectivity index (χ2n) is 10.3. The van der Waals surface area contributed by atoms with Crippen molar-refractivity contribution in [3.8, 4) is 11.1 Å². The Morgan fingerprint density at radius 1 is 1.11 bits per heavy atom. The van der Waals surface area contributed by atoms with Gasteiger partial charge in [0, 0.05) is 19.0 Å². The number of likely N-dealkylation sites (tertiary alicyclic amines) is 1. The van der Waals surface area contributed by atoms with E-state index in [-0.39, 0.29) is 30.9 Å².